The molecule has 2 aromatic carbocycles. The topological polar surface area (TPSA) is 79.3 Å². The first-order valence-corrected chi connectivity index (χ1v) is 12.3. The zero-order valence-corrected chi connectivity index (χ0v) is 22.0. The first kappa shape index (κ1) is 26.6. The lowest BCUT2D eigenvalue weighted by molar-refractivity contribution is -0.116. The zero-order chi connectivity index (χ0) is 25.6. The number of halogens is 2. The summed E-state index contributed by atoms with van der Waals surface area (Å²) in [5.41, 5.74) is 1.85. The van der Waals surface area contributed by atoms with Crippen molar-refractivity contribution in [1.29, 1.82) is 0 Å². The highest BCUT2D eigenvalue weighted by molar-refractivity contribution is 6.43. The molecule has 0 bridgehead atoms. The number of amides is 3. The number of nitrogens with one attached hydrogen (secondary N) is 2. The Bertz CT molecular complexity index is 1170. The Kier molecular flexibility index (Phi) is 8.81. The summed E-state index contributed by atoms with van der Waals surface area (Å²) >= 11 is 12.3. The monoisotopic (exact) mass is 515 g/mol. The molecule has 0 saturated carbocycles. The fourth-order valence-corrected chi connectivity index (χ4v) is 3.70. The number of urea groups is 1. The van der Waals surface area contributed by atoms with E-state index in [1.165, 1.54) is 4.90 Å². The molecule has 9 heteroatoms. The highest BCUT2D eigenvalue weighted by atomic mass is 35.5. The van der Waals surface area contributed by atoms with Gasteiger partial charge in [0.25, 0.3) is 0 Å². The molecule has 2 N–H and O–H groups in total. The van der Waals surface area contributed by atoms with E-state index in [-0.39, 0.29) is 22.9 Å². The third-order valence-electron chi connectivity index (χ3n) is 5.34. The number of carbonyl (C=O) groups is 2. The quantitative estimate of drug-likeness (QED) is 0.348. The summed E-state index contributed by atoms with van der Waals surface area (Å²) in [6.07, 6.45) is 1.62. The third-order valence-corrected chi connectivity index (χ3v) is 6.16. The molecule has 186 valence electrons. The van der Waals surface area contributed by atoms with Crippen LogP contribution in [0.3, 0.4) is 0 Å². The maximum Gasteiger partial charge on any atom is 0.322 e. The van der Waals surface area contributed by atoms with E-state index in [0.717, 1.165) is 24.2 Å². The largest absolute Gasteiger partial charge is 0.322 e. The van der Waals surface area contributed by atoms with Gasteiger partial charge in [-0.15, -0.1) is 0 Å². The van der Waals surface area contributed by atoms with Gasteiger partial charge in [-0.2, -0.15) is 5.10 Å². The molecule has 1 heterocycles. The number of nitrogens with zero attached hydrogens (tertiary/aromatic N) is 3. The van der Waals surface area contributed by atoms with Crippen LogP contribution in [0.25, 0.3) is 5.69 Å². The minimum Gasteiger partial charge on any atom is -0.315 e. The molecule has 0 spiro atoms. The van der Waals surface area contributed by atoms with Crippen LogP contribution < -0.4 is 10.6 Å². The summed E-state index contributed by atoms with van der Waals surface area (Å²) < 4.78 is 1.71. The predicted molar refractivity (Wildman–Crippen MR) is 143 cm³/mol. The molecule has 0 atom stereocenters. The second-order valence-electron chi connectivity index (χ2n) is 9.27. The van der Waals surface area contributed by atoms with Crippen molar-refractivity contribution in [2.45, 2.75) is 46.0 Å². The predicted octanol–water partition coefficient (Wildman–Crippen LogP) is 6.75. The molecule has 0 aliphatic rings. The molecule has 35 heavy (non-hydrogen) atoms. The normalized spacial score (nSPS) is 11.3. The number of aromatic nitrogens is 2. The Morgan fingerprint density at radius 3 is 2.40 bits per heavy atom. The van der Waals surface area contributed by atoms with Crippen molar-refractivity contribution in [2.24, 2.45) is 0 Å². The van der Waals surface area contributed by atoms with Crippen molar-refractivity contribution in [3.63, 3.8) is 0 Å². The van der Waals surface area contributed by atoms with Gasteiger partial charge in [0.05, 0.1) is 27.1 Å². The number of hydrogen-bond acceptors (Lipinski definition) is 3. The van der Waals surface area contributed by atoms with Crippen LogP contribution >= 0.6 is 23.2 Å². The van der Waals surface area contributed by atoms with Gasteiger partial charge in [0, 0.05) is 18.0 Å². The van der Waals surface area contributed by atoms with Crippen molar-refractivity contribution in [2.75, 3.05) is 23.7 Å². The van der Waals surface area contributed by atoms with Crippen molar-refractivity contribution < 1.29 is 9.59 Å². The molecule has 3 amide bonds. The number of rotatable bonds is 8. The summed E-state index contributed by atoms with van der Waals surface area (Å²) in [7, 11) is 0. The standard InChI is InChI=1S/C26H31Cl2N5O2/c1-5-6-15-32(25(35)29-20-14-10-13-19(27)24(20)28)17-23(34)30-22-16-21(26(2,3)4)31-33(22)18-11-8-7-9-12-18/h7-14,16H,5-6,15,17H2,1-4H3,(H,29,35)(H,30,34). The van der Waals surface area contributed by atoms with E-state index in [1.807, 2.05) is 43.3 Å². The van der Waals surface area contributed by atoms with Gasteiger partial charge in [0.2, 0.25) is 5.91 Å². The molecular formula is C26H31Cl2N5O2. The molecule has 7 nitrogen and oxygen atoms in total. The van der Waals surface area contributed by atoms with Crippen LogP contribution in [0.1, 0.15) is 46.2 Å². The van der Waals surface area contributed by atoms with Gasteiger partial charge in [-0.1, -0.05) is 81.6 Å². The van der Waals surface area contributed by atoms with E-state index in [4.69, 9.17) is 28.3 Å². The van der Waals surface area contributed by atoms with Crippen molar-refractivity contribution in [1.82, 2.24) is 14.7 Å². The SMILES string of the molecule is CCCCN(CC(=O)Nc1cc(C(C)(C)C)nn1-c1ccccc1)C(=O)Nc1cccc(Cl)c1Cl. The average molecular weight is 516 g/mol. The second kappa shape index (κ2) is 11.6. The third kappa shape index (κ3) is 6.99. The maximum atomic E-state index is 13.1. The Morgan fingerprint density at radius 2 is 1.74 bits per heavy atom. The Hall–Kier alpha value is -3.03. The van der Waals surface area contributed by atoms with Gasteiger partial charge >= 0.3 is 6.03 Å². The molecule has 1 aromatic heterocycles. The summed E-state index contributed by atoms with van der Waals surface area (Å²) in [4.78, 5) is 27.6. The van der Waals surface area contributed by atoms with Gasteiger partial charge in [-0.3, -0.25) is 4.79 Å². The summed E-state index contributed by atoms with van der Waals surface area (Å²) in [5.74, 6) is 0.214. The number of hydrogen-bond donors (Lipinski definition) is 2. The molecular weight excluding hydrogens is 485 g/mol. The van der Waals surface area contributed by atoms with E-state index >= 15 is 0 Å². The fourth-order valence-electron chi connectivity index (χ4n) is 3.35. The van der Waals surface area contributed by atoms with Crippen LogP contribution in [0.5, 0.6) is 0 Å². The molecule has 3 rings (SSSR count). The average Bonchev–Trinajstić information content (AvgIpc) is 3.24. The van der Waals surface area contributed by atoms with Crippen LogP contribution in [0, 0.1) is 0 Å². The summed E-state index contributed by atoms with van der Waals surface area (Å²) in [6, 6.07) is 16.0. The number of para-hydroxylation sites is 1. The lowest BCUT2D eigenvalue weighted by atomic mass is 9.92. The number of unbranched alkanes of at least 4 members (excludes halogenated alkanes) is 1. The van der Waals surface area contributed by atoms with Crippen molar-refractivity contribution in [3.8, 4) is 5.69 Å². The van der Waals surface area contributed by atoms with E-state index < -0.39 is 6.03 Å². The first-order chi connectivity index (χ1) is 16.6. The molecule has 0 saturated heterocycles. The van der Waals surface area contributed by atoms with Crippen molar-refractivity contribution in [3.05, 3.63) is 70.3 Å². The highest BCUT2D eigenvalue weighted by Gasteiger charge is 2.23. The summed E-state index contributed by atoms with van der Waals surface area (Å²) in [5, 5.41) is 11.0. The van der Waals surface area contributed by atoms with Gasteiger partial charge in [-0.25, -0.2) is 9.48 Å². The molecule has 3 aromatic rings. The Labute approximate surface area is 216 Å². The van der Waals surface area contributed by atoms with Gasteiger partial charge in [-0.05, 0) is 30.7 Å². The van der Waals surface area contributed by atoms with Crippen LogP contribution in [-0.2, 0) is 10.2 Å². The van der Waals surface area contributed by atoms with Gasteiger partial charge < -0.3 is 15.5 Å². The summed E-state index contributed by atoms with van der Waals surface area (Å²) in [6.45, 7) is 8.50. The van der Waals surface area contributed by atoms with E-state index in [9.17, 15) is 9.59 Å². The molecule has 0 unspecified atom stereocenters. The fraction of sp³-hybridized carbons (Fsp3) is 0.346. The molecule has 0 fully saturated rings. The molecule has 0 aliphatic carbocycles. The lowest BCUT2D eigenvalue weighted by Gasteiger charge is -2.23. The van der Waals surface area contributed by atoms with Gasteiger partial charge in [0.1, 0.15) is 12.4 Å². The Morgan fingerprint density at radius 1 is 1.03 bits per heavy atom. The minimum absolute atomic E-state index is 0.130. The van der Waals surface area contributed by atoms with E-state index in [0.29, 0.717) is 23.1 Å². The van der Waals surface area contributed by atoms with E-state index in [1.54, 1.807) is 22.9 Å². The van der Waals surface area contributed by atoms with Crippen LogP contribution in [0.2, 0.25) is 10.0 Å². The zero-order valence-electron chi connectivity index (χ0n) is 20.4. The number of anilines is 2. The van der Waals surface area contributed by atoms with E-state index in [2.05, 4.69) is 31.4 Å². The smallest absolute Gasteiger partial charge is 0.315 e. The number of benzene rings is 2. The Balaban J connectivity index is 1.80. The first-order valence-electron chi connectivity index (χ1n) is 11.6. The minimum atomic E-state index is -0.426. The number of carbonyl (C=O) groups excluding carboxylic acids is 2. The maximum absolute atomic E-state index is 13.1. The van der Waals surface area contributed by atoms with Crippen LogP contribution in [0.4, 0.5) is 16.3 Å². The highest BCUT2D eigenvalue weighted by Crippen LogP contribution is 2.30. The second-order valence-corrected chi connectivity index (χ2v) is 10.1. The molecule has 0 aliphatic heterocycles. The van der Waals surface area contributed by atoms with Gasteiger partial charge in [0.15, 0.2) is 0 Å². The van der Waals surface area contributed by atoms with Crippen molar-refractivity contribution >= 4 is 46.6 Å². The van der Waals surface area contributed by atoms with Crippen LogP contribution in [0.15, 0.2) is 54.6 Å². The molecule has 0 radical (unpaired) electrons. The lowest BCUT2D eigenvalue weighted by Crippen LogP contribution is -2.41. The van der Waals surface area contributed by atoms with Crippen LogP contribution in [-0.4, -0.2) is 39.7 Å².